The predicted octanol–water partition coefficient (Wildman–Crippen LogP) is -1.31. The van der Waals surface area contributed by atoms with Crippen LogP contribution in [0.1, 0.15) is 12.8 Å². The van der Waals surface area contributed by atoms with E-state index in [2.05, 4.69) is 5.32 Å². The molecule has 0 aromatic rings. The van der Waals surface area contributed by atoms with Crippen LogP contribution in [0.3, 0.4) is 0 Å². The van der Waals surface area contributed by atoms with Gasteiger partial charge in [-0.15, -0.1) is 0 Å². The van der Waals surface area contributed by atoms with Gasteiger partial charge in [0.2, 0.25) is 17.7 Å². The molecule has 0 unspecified atom stereocenters. The summed E-state index contributed by atoms with van der Waals surface area (Å²) in [6.07, 6.45) is 4.69. The molecule has 0 aromatic carbocycles. The van der Waals surface area contributed by atoms with Gasteiger partial charge in [0, 0.05) is 14.1 Å². The van der Waals surface area contributed by atoms with Gasteiger partial charge >= 0.3 is 5.97 Å². The summed E-state index contributed by atoms with van der Waals surface area (Å²) in [5.74, 6) is -3.33. The second-order valence-corrected chi connectivity index (χ2v) is 6.00. The number of nitrogens with one attached hydrogen (secondary N) is 1. The van der Waals surface area contributed by atoms with Crippen molar-refractivity contribution in [1.29, 1.82) is 0 Å². The first kappa shape index (κ1) is 18.6. The fourth-order valence-corrected chi connectivity index (χ4v) is 2.83. The van der Waals surface area contributed by atoms with Gasteiger partial charge in [-0.1, -0.05) is 12.2 Å². The van der Waals surface area contributed by atoms with E-state index in [-0.39, 0.29) is 24.3 Å². The van der Waals surface area contributed by atoms with Gasteiger partial charge in [0.25, 0.3) is 5.91 Å². The zero-order valence-corrected chi connectivity index (χ0v) is 14.2. The second-order valence-electron chi connectivity index (χ2n) is 6.00. The number of carbonyl (C=O) groups excluding carboxylic acids is 5. The Morgan fingerprint density at radius 3 is 2.28 bits per heavy atom. The van der Waals surface area contributed by atoms with Gasteiger partial charge < -0.3 is 15.0 Å². The summed E-state index contributed by atoms with van der Waals surface area (Å²) >= 11 is 0. The first-order valence-electron chi connectivity index (χ1n) is 7.95. The number of allylic oxidation sites excluding steroid dienone is 2. The Morgan fingerprint density at radius 1 is 1.20 bits per heavy atom. The first-order valence-corrected chi connectivity index (χ1v) is 7.95. The molecule has 4 amide bonds. The van der Waals surface area contributed by atoms with Crippen molar-refractivity contribution in [3.05, 3.63) is 12.2 Å². The third-order valence-electron chi connectivity index (χ3n) is 4.33. The summed E-state index contributed by atoms with van der Waals surface area (Å²) in [5.41, 5.74) is 0. The summed E-state index contributed by atoms with van der Waals surface area (Å²) in [7, 11) is 2.84. The Labute approximate surface area is 145 Å². The van der Waals surface area contributed by atoms with E-state index in [0.29, 0.717) is 12.8 Å². The molecule has 0 saturated carbocycles. The highest BCUT2D eigenvalue weighted by Crippen LogP contribution is 2.34. The smallest absolute Gasteiger partial charge is 0.326 e. The molecule has 1 heterocycles. The number of hydrogen-bond donors (Lipinski definition) is 1. The molecule has 2 atom stereocenters. The number of hydrogen-bond acceptors (Lipinski definition) is 6. The van der Waals surface area contributed by atoms with E-state index in [0.717, 1.165) is 9.80 Å². The molecular weight excluding hydrogens is 330 g/mol. The molecule has 1 fully saturated rings. The Hall–Kier alpha value is -2.71. The van der Waals surface area contributed by atoms with Crippen LogP contribution >= 0.6 is 0 Å². The molecule has 0 aromatic heterocycles. The second kappa shape index (κ2) is 7.91. The third kappa shape index (κ3) is 4.23. The van der Waals surface area contributed by atoms with Crippen LogP contribution < -0.4 is 5.32 Å². The average Bonchev–Trinajstić information content (AvgIpc) is 2.84. The molecule has 2 rings (SSSR count). The van der Waals surface area contributed by atoms with Crippen LogP contribution in [0.4, 0.5) is 0 Å². The zero-order chi connectivity index (χ0) is 18.6. The van der Waals surface area contributed by atoms with Crippen molar-refractivity contribution < 1.29 is 28.7 Å². The molecule has 2 aliphatic rings. The van der Waals surface area contributed by atoms with Gasteiger partial charge in [0.1, 0.15) is 6.54 Å². The van der Waals surface area contributed by atoms with Gasteiger partial charge in [-0.2, -0.15) is 0 Å². The van der Waals surface area contributed by atoms with Gasteiger partial charge in [-0.3, -0.25) is 28.9 Å². The number of fused-ring (bicyclic) bond motifs is 1. The number of likely N-dealkylation sites (N-methyl/N-ethyl adjacent to an activating group) is 2. The van der Waals surface area contributed by atoms with E-state index < -0.39 is 36.9 Å². The van der Waals surface area contributed by atoms with Gasteiger partial charge in [0.05, 0.1) is 18.4 Å². The number of imide groups is 1. The molecule has 1 aliphatic heterocycles. The topological polar surface area (TPSA) is 113 Å². The zero-order valence-electron chi connectivity index (χ0n) is 14.2. The predicted molar refractivity (Wildman–Crippen MR) is 84.7 cm³/mol. The molecule has 1 N–H and O–H groups in total. The number of amides is 4. The molecule has 0 radical (unpaired) electrons. The van der Waals surface area contributed by atoms with Crippen molar-refractivity contribution in [2.45, 2.75) is 12.8 Å². The van der Waals surface area contributed by atoms with Crippen molar-refractivity contribution in [2.24, 2.45) is 11.8 Å². The molecule has 9 nitrogen and oxygen atoms in total. The van der Waals surface area contributed by atoms with Crippen molar-refractivity contribution >= 4 is 29.6 Å². The maximum atomic E-state index is 12.2. The highest BCUT2D eigenvalue weighted by Gasteiger charge is 2.47. The molecule has 1 aliphatic carbocycles. The van der Waals surface area contributed by atoms with Crippen LogP contribution in [-0.2, 0) is 28.7 Å². The fourth-order valence-electron chi connectivity index (χ4n) is 2.83. The minimum Gasteiger partial charge on any atom is -0.454 e. The van der Waals surface area contributed by atoms with E-state index in [1.807, 2.05) is 12.2 Å². The van der Waals surface area contributed by atoms with E-state index in [1.165, 1.54) is 14.1 Å². The lowest BCUT2D eigenvalue weighted by molar-refractivity contribution is -0.156. The highest BCUT2D eigenvalue weighted by atomic mass is 16.5. The van der Waals surface area contributed by atoms with Crippen molar-refractivity contribution in [3.8, 4) is 0 Å². The molecule has 136 valence electrons. The lowest BCUT2D eigenvalue weighted by Gasteiger charge is -2.17. The van der Waals surface area contributed by atoms with Crippen LogP contribution in [-0.4, -0.2) is 73.2 Å². The third-order valence-corrected chi connectivity index (χ3v) is 4.33. The lowest BCUT2D eigenvalue weighted by atomic mass is 9.85. The summed E-state index contributed by atoms with van der Waals surface area (Å²) in [4.78, 5) is 61.3. The molecule has 0 spiro atoms. The van der Waals surface area contributed by atoms with Crippen LogP contribution in [0.25, 0.3) is 0 Å². The van der Waals surface area contributed by atoms with Crippen LogP contribution in [0.15, 0.2) is 12.2 Å². The molecule has 0 bridgehead atoms. The van der Waals surface area contributed by atoms with Crippen molar-refractivity contribution in [3.63, 3.8) is 0 Å². The molecule has 9 heteroatoms. The average molecular weight is 351 g/mol. The van der Waals surface area contributed by atoms with Crippen LogP contribution in [0, 0.1) is 11.8 Å². The Kier molecular flexibility index (Phi) is 5.89. The minimum atomic E-state index is -0.838. The van der Waals surface area contributed by atoms with Gasteiger partial charge in [-0.05, 0) is 12.8 Å². The summed E-state index contributed by atoms with van der Waals surface area (Å²) in [6.45, 7) is -1.22. The van der Waals surface area contributed by atoms with E-state index in [1.54, 1.807) is 0 Å². The normalized spacial score (nSPS) is 21.8. The maximum absolute atomic E-state index is 12.2. The van der Waals surface area contributed by atoms with Crippen molar-refractivity contribution in [2.75, 3.05) is 33.8 Å². The molecular formula is C16H21N3O6. The van der Waals surface area contributed by atoms with E-state index in [9.17, 15) is 24.0 Å². The number of rotatable bonds is 6. The summed E-state index contributed by atoms with van der Waals surface area (Å²) in [5, 5.41) is 2.37. The highest BCUT2D eigenvalue weighted by molar-refractivity contribution is 6.07. The quantitative estimate of drug-likeness (QED) is 0.361. The number of likely N-dealkylation sites (tertiary alicyclic amines) is 1. The van der Waals surface area contributed by atoms with Crippen LogP contribution in [0.5, 0.6) is 0 Å². The van der Waals surface area contributed by atoms with Crippen molar-refractivity contribution in [1.82, 2.24) is 15.1 Å². The minimum absolute atomic E-state index is 0.160. The Balaban J connectivity index is 1.82. The Morgan fingerprint density at radius 2 is 1.76 bits per heavy atom. The molecule has 1 saturated heterocycles. The largest absolute Gasteiger partial charge is 0.454 e. The fraction of sp³-hybridized carbons (Fsp3) is 0.562. The van der Waals surface area contributed by atoms with E-state index >= 15 is 0 Å². The molecule has 25 heavy (non-hydrogen) atoms. The van der Waals surface area contributed by atoms with Gasteiger partial charge in [-0.25, -0.2) is 0 Å². The SMILES string of the molecule is CNC(=O)CN(C)C(=O)COC(=O)CN1C(=O)[C@H]2CC=CC[C@@H]2C1=O. The maximum Gasteiger partial charge on any atom is 0.326 e. The number of esters is 1. The number of ether oxygens (including phenoxy) is 1. The summed E-state index contributed by atoms with van der Waals surface area (Å²) in [6, 6.07) is 0. The summed E-state index contributed by atoms with van der Waals surface area (Å²) < 4.78 is 4.83. The monoisotopic (exact) mass is 351 g/mol. The lowest BCUT2D eigenvalue weighted by Crippen LogP contribution is -2.40. The van der Waals surface area contributed by atoms with Gasteiger partial charge in [0.15, 0.2) is 6.61 Å². The number of nitrogens with zero attached hydrogens (tertiary/aromatic N) is 2. The van der Waals surface area contributed by atoms with E-state index in [4.69, 9.17) is 4.74 Å². The van der Waals surface area contributed by atoms with Crippen LogP contribution in [0.2, 0.25) is 0 Å². The first-order chi connectivity index (χ1) is 11.8. The standard InChI is InChI=1S/C16H21N3O6/c1-17-12(20)7-18(2)13(21)9-25-14(22)8-19-15(23)10-5-3-4-6-11(10)16(19)24/h3-4,10-11H,5-9H2,1-2H3,(H,17,20)/t10-,11-/m0/s1. The Bertz CT molecular complexity index is 603. The number of carbonyl (C=O) groups is 5.